The van der Waals surface area contributed by atoms with E-state index < -0.39 is 11.8 Å². The van der Waals surface area contributed by atoms with Gasteiger partial charge < -0.3 is 9.72 Å². The van der Waals surface area contributed by atoms with E-state index in [1.165, 1.54) is 13.2 Å². The quantitative estimate of drug-likeness (QED) is 0.379. The van der Waals surface area contributed by atoms with Crippen molar-refractivity contribution in [1.29, 1.82) is 0 Å². The molecule has 58 valence electrons. The zero-order valence-electron chi connectivity index (χ0n) is 5.96. The van der Waals surface area contributed by atoms with Crippen LogP contribution in [0.5, 0.6) is 0 Å². The fourth-order valence-electron chi connectivity index (χ4n) is 0.674. The Labute approximate surface area is 63.2 Å². The minimum absolute atomic E-state index is 0.247. The Morgan fingerprint density at radius 2 is 2.27 bits per heavy atom. The van der Waals surface area contributed by atoms with E-state index in [2.05, 4.69) is 9.72 Å². The molecule has 0 unspecified atom stereocenters. The summed E-state index contributed by atoms with van der Waals surface area (Å²) in [5, 5.41) is 0. The number of hydrogen-bond donors (Lipinski definition) is 1. The average molecular weight is 153 g/mol. The lowest BCUT2D eigenvalue weighted by atomic mass is 10.3. The Morgan fingerprint density at radius 3 is 2.73 bits per heavy atom. The molecule has 4 nitrogen and oxygen atoms in total. The summed E-state index contributed by atoms with van der Waals surface area (Å²) in [6, 6.07) is 3.15. The Morgan fingerprint density at radius 1 is 1.55 bits per heavy atom. The van der Waals surface area contributed by atoms with Crippen molar-refractivity contribution in [2.24, 2.45) is 0 Å². The van der Waals surface area contributed by atoms with E-state index in [0.717, 1.165) is 0 Å². The lowest BCUT2D eigenvalue weighted by Gasteiger charge is -1.93. The number of methoxy groups -OCH3 is 1. The normalized spacial score (nSPS) is 9.18. The third-order valence-electron chi connectivity index (χ3n) is 1.21. The van der Waals surface area contributed by atoms with E-state index in [-0.39, 0.29) is 5.69 Å². The van der Waals surface area contributed by atoms with Gasteiger partial charge >= 0.3 is 5.97 Å². The molecule has 1 aromatic heterocycles. The van der Waals surface area contributed by atoms with Crippen molar-refractivity contribution in [2.75, 3.05) is 7.11 Å². The Hall–Kier alpha value is -1.58. The smallest absolute Gasteiger partial charge is 0.380 e. The number of hydrogen-bond acceptors (Lipinski definition) is 3. The van der Waals surface area contributed by atoms with Gasteiger partial charge in [0.2, 0.25) is 0 Å². The molecule has 0 saturated carbocycles. The van der Waals surface area contributed by atoms with Crippen molar-refractivity contribution in [3.05, 3.63) is 24.0 Å². The largest absolute Gasteiger partial charge is 0.463 e. The van der Waals surface area contributed by atoms with Crippen molar-refractivity contribution in [3.63, 3.8) is 0 Å². The number of esters is 1. The molecule has 0 bridgehead atoms. The summed E-state index contributed by atoms with van der Waals surface area (Å²) in [5.74, 6) is -1.51. The van der Waals surface area contributed by atoms with Gasteiger partial charge in [-0.1, -0.05) is 0 Å². The van der Waals surface area contributed by atoms with Gasteiger partial charge in [-0.05, 0) is 12.1 Å². The SMILES string of the molecule is COC(=O)C(=O)c1ccc[nH]1. The Kier molecular flexibility index (Phi) is 2.06. The minimum Gasteiger partial charge on any atom is -0.463 e. The van der Waals surface area contributed by atoms with Crippen molar-refractivity contribution in [1.82, 2.24) is 4.98 Å². The van der Waals surface area contributed by atoms with Crippen LogP contribution in [0, 0.1) is 0 Å². The molecule has 0 aliphatic carbocycles. The first-order valence-corrected chi connectivity index (χ1v) is 3.01. The molecule has 0 aliphatic rings. The van der Waals surface area contributed by atoms with Crippen molar-refractivity contribution in [2.45, 2.75) is 0 Å². The summed E-state index contributed by atoms with van der Waals surface area (Å²) >= 11 is 0. The van der Waals surface area contributed by atoms with Gasteiger partial charge in [0.05, 0.1) is 12.8 Å². The van der Waals surface area contributed by atoms with Crippen molar-refractivity contribution >= 4 is 11.8 Å². The predicted molar refractivity (Wildman–Crippen MR) is 37.1 cm³/mol. The highest BCUT2D eigenvalue weighted by Gasteiger charge is 2.16. The first kappa shape index (κ1) is 7.53. The first-order valence-electron chi connectivity index (χ1n) is 3.01. The maximum atomic E-state index is 10.9. The molecular weight excluding hydrogens is 146 g/mol. The summed E-state index contributed by atoms with van der Waals surface area (Å²) in [6.07, 6.45) is 1.57. The van der Waals surface area contributed by atoms with Gasteiger partial charge in [-0.2, -0.15) is 0 Å². The number of rotatable bonds is 2. The van der Waals surface area contributed by atoms with E-state index in [9.17, 15) is 9.59 Å². The number of Topliss-reactive ketones (excluding diaryl/α,β-unsaturated/α-hetero) is 1. The highest BCUT2D eigenvalue weighted by molar-refractivity contribution is 6.40. The van der Waals surface area contributed by atoms with E-state index in [1.807, 2.05) is 0 Å². The van der Waals surface area contributed by atoms with Crippen molar-refractivity contribution < 1.29 is 14.3 Å². The zero-order chi connectivity index (χ0) is 8.27. The van der Waals surface area contributed by atoms with Crippen LogP contribution in [0.4, 0.5) is 0 Å². The van der Waals surface area contributed by atoms with E-state index in [1.54, 1.807) is 12.3 Å². The third-order valence-corrected chi connectivity index (χ3v) is 1.21. The lowest BCUT2D eigenvalue weighted by molar-refractivity contribution is -0.135. The molecule has 0 aromatic carbocycles. The second-order valence-electron chi connectivity index (χ2n) is 1.90. The fourth-order valence-corrected chi connectivity index (χ4v) is 0.674. The molecule has 1 aromatic rings. The minimum atomic E-state index is -0.854. The summed E-state index contributed by atoms with van der Waals surface area (Å²) in [7, 11) is 1.17. The number of ketones is 1. The topological polar surface area (TPSA) is 59.2 Å². The fraction of sp³-hybridized carbons (Fsp3) is 0.143. The van der Waals surface area contributed by atoms with Crippen LogP contribution in [-0.4, -0.2) is 23.8 Å². The monoisotopic (exact) mass is 153 g/mol. The van der Waals surface area contributed by atoms with Crippen molar-refractivity contribution in [3.8, 4) is 0 Å². The third kappa shape index (κ3) is 1.46. The molecule has 0 spiro atoms. The summed E-state index contributed by atoms with van der Waals surface area (Å²) in [6.45, 7) is 0. The van der Waals surface area contributed by atoms with Crippen LogP contribution >= 0.6 is 0 Å². The van der Waals surface area contributed by atoms with Crippen LogP contribution in [0.2, 0.25) is 0 Å². The number of aromatic nitrogens is 1. The summed E-state index contributed by atoms with van der Waals surface area (Å²) in [5.41, 5.74) is 0.247. The van der Waals surface area contributed by atoms with Crippen LogP contribution < -0.4 is 0 Å². The van der Waals surface area contributed by atoms with Crippen LogP contribution in [0.3, 0.4) is 0 Å². The van der Waals surface area contributed by atoms with Gasteiger partial charge in [-0.15, -0.1) is 0 Å². The second-order valence-corrected chi connectivity index (χ2v) is 1.90. The molecule has 0 saturated heterocycles. The molecule has 0 radical (unpaired) electrons. The van der Waals surface area contributed by atoms with Crippen LogP contribution in [-0.2, 0) is 9.53 Å². The van der Waals surface area contributed by atoms with Gasteiger partial charge in [0, 0.05) is 6.20 Å². The average Bonchev–Trinajstić information content (AvgIpc) is 2.53. The Bertz CT molecular complexity index is 263. The van der Waals surface area contributed by atoms with Gasteiger partial charge in [-0.25, -0.2) is 4.79 Å². The molecule has 1 heterocycles. The molecule has 4 heteroatoms. The number of nitrogens with one attached hydrogen (secondary N) is 1. The predicted octanol–water partition coefficient (Wildman–Crippen LogP) is 0.370. The highest BCUT2D eigenvalue weighted by atomic mass is 16.5. The lowest BCUT2D eigenvalue weighted by Crippen LogP contribution is -2.15. The second kappa shape index (κ2) is 3.01. The molecule has 11 heavy (non-hydrogen) atoms. The Balaban J connectivity index is 2.79. The highest BCUT2D eigenvalue weighted by Crippen LogP contribution is 1.96. The van der Waals surface area contributed by atoms with E-state index in [4.69, 9.17) is 0 Å². The number of carbonyl (C=O) groups is 2. The molecule has 0 fully saturated rings. The number of ether oxygens (including phenoxy) is 1. The van der Waals surface area contributed by atoms with Crippen LogP contribution in [0.25, 0.3) is 0 Å². The van der Waals surface area contributed by atoms with Crippen LogP contribution in [0.15, 0.2) is 18.3 Å². The van der Waals surface area contributed by atoms with Gasteiger partial charge in [-0.3, -0.25) is 4.79 Å². The number of aromatic amines is 1. The molecule has 0 atom stereocenters. The van der Waals surface area contributed by atoms with Gasteiger partial charge in [0.15, 0.2) is 0 Å². The number of carbonyl (C=O) groups excluding carboxylic acids is 2. The van der Waals surface area contributed by atoms with E-state index >= 15 is 0 Å². The maximum Gasteiger partial charge on any atom is 0.380 e. The molecule has 0 aliphatic heterocycles. The maximum absolute atomic E-state index is 10.9. The summed E-state index contributed by atoms with van der Waals surface area (Å²) in [4.78, 5) is 24.2. The molecule has 0 amide bonds. The van der Waals surface area contributed by atoms with Gasteiger partial charge in [0.25, 0.3) is 5.78 Å². The molecule has 1 rings (SSSR count). The zero-order valence-corrected chi connectivity index (χ0v) is 5.96. The molecular formula is C7H7NO3. The summed E-state index contributed by atoms with van der Waals surface area (Å²) < 4.78 is 4.23. The standard InChI is InChI=1S/C7H7NO3/c1-11-7(10)6(9)5-3-2-4-8-5/h2-4,8H,1H3. The first-order chi connectivity index (χ1) is 5.25. The van der Waals surface area contributed by atoms with Gasteiger partial charge in [0.1, 0.15) is 0 Å². The molecule has 1 N–H and O–H groups in total. The van der Waals surface area contributed by atoms with E-state index in [0.29, 0.717) is 0 Å². The van der Waals surface area contributed by atoms with Crippen LogP contribution in [0.1, 0.15) is 10.5 Å². The number of H-pyrrole nitrogens is 1.